The lowest BCUT2D eigenvalue weighted by atomic mass is 10.4. The van der Waals surface area contributed by atoms with E-state index in [2.05, 4.69) is 10.9 Å². The third-order valence-corrected chi connectivity index (χ3v) is 2.12. The van der Waals surface area contributed by atoms with E-state index < -0.39 is 0 Å². The van der Waals surface area contributed by atoms with E-state index >= 15 is 0 Å². The van der Waals surface area contributed by atoms with Crippen LogP contribution in [0.5, 0.6) is 0 Å². The summed E-state index contributed by atoms with van der Waals surface area (Å²) in [5.41, 5.74) is 5.42. The van der Waals surface area contributed by atoms with E-state index in [0.29, 0.717) is 13.1 Å². The van der Waals surface area contributed by atoms with Crippen molar-refractivity contribution in [2.24, 2.45) is 0 Å². The first-order valence-corrected chi connectivity index (χ1v) is 5.12. The van der Waals surface area contributed by atoms with Crippen molar-refractivity contribution in [1.29, 1.82) is 0 Å². The van der Waals surface area contributed by atoms with Crippen LogP contribution in [0.2, 0.25) is 0 Å². The zero-order valence-corrected chi connectivity index (χ0v) is 8.84. The number of hydrogen-bond acceptors (Lipinski definition) is 3. The molecule has 0 saturated carbocycles. The van der Waals surface area contributed by atoms with Gasteiger partial charge in [0.25, 0.3) is 0 Å². The number of carbonyl (C=O) groups excluding carboxylic acids is 1. The van der Waals surface area contributed by atoms with Crippen LogP contribution in [-0.4, -0.2) is 29.1 Å². The Morgan fingerprint density at radius 1 is 0.875 bits per heavy atom. The van der Waals surface area contributed by atoms with E-state index in [1.165, 1.54) is 0 Å². The molecule has 0 fully saturated rings. The average molecular weight is 218 g/mol. The smallest absolute Gasteiger partial charge is 0.288 e. The van der Waals surface area contributed by atoms with Gasteiger partial charge in [-0.05, 0) is 12.2 Å². The van der Waals surface area contributed by atoms with Crippen molar-refractivity contribution in [3.8, 4) is 0 Å². The molecule has 0 atom stereocenters. The van der Waals surface area contributed by atoms with Gasteiger partial charge in [0, 0.05) is 12.4 Å². The van der Waals surface area contributed by atoms with Crippen molar-refractivity contribution >= 4 is 6.03 Å². The zero-order valence-electron chi connectivity index (χ0n) is 8.84. The molecule has 5 nitrogen and oxygen atoms in total. The Bertz CT molecular complexity index is 336. The SMILES string of the molecule is O=C(NN1C=CC=CC1)NN1C=CC=CC1. The van der Waals surface area contributed by atoms with Gasteiger partial charge in [-0.25, -0.2) is 15.6 Å². The fourth-order valence-corrected chi connectivity index (χ4v) is 1.39. The van der Waals surface area contributed by atoms with Gasteiger partial charge in [-0.2, -0.15) is 0 Å². The monoisotopic (exact) mass is 218 g/mol. The van der Waals surface area contributed by atoms with Crippen molar-refractivity contribution in [2.75, 3.05) is 13.1 Å². The van der Waals surface area contributed by atoms with Gasteiger partial charge in [0.05, 0.1) is 13.1 Å². The molecule has 0 bridgehead atoms. The van der Waals surface area contributed by atoms with Crippen molar-refractivity contribution in [1.82, 2.24) is 20.9 Å². The van der Waals surface area contributed by atoms with Gasteiger partial charge in [0.15, 0.2) is 0 Å². The summed E-state index contributed by atoms with van der Waals surface area (Å²) < 4.78 is 0. The summed E-state index contributed by atoms with van der Waals surface area (Å²) in [5.74, 6) is 0. The standard InChI is InChI=1S/C11H14N4O/c16-11(12-14-7-3-1-4-8-14)13-15-9-5-2-6-10-15/h1-7,9H,8,10H2,(H2,12,13,16). The molecule has 2 N–H and O–H groups in total. The summed E-state index contributed by atoms with van der Waals surface area (Å²) in [7, 11) is 0. The minimum Gasteiger partial charge on any atom is -0.288 e. The van der Waals surface area contributed by atoms with Gasteiger partial charge in [-0.1, -0.05) is 24.3 Å². The minimum atomic E-state index is -0.250. The van der Waals surface area contributed by atoms with E-state index in [4.69, 9.17) is 0 Å². The van der Waals surface area contributed by atoms with Crippen LogP contribution in [0.3, 0.4) is 0 Å². The topological polar surface area (TPSA) is 47.6 Å². The van der Waals surface area contributed by atoms with Gasteiger partial charge in [0.1, 0.15) is 0 Å². The van der Waals surface area contributed by atoms with E-state index in [-0.39, 0.29) is 6.03 Å². The lowest BCUT2D eigenvalue weighted by molar-refractivity contribution is 0.189. The molecule has 0 aliphatic carbocycles. The van der Waals surface area contributed by atoms with Crippen LogP contribution in [0.15, 0.2) is 48.9 Å². The molecule has 2 rings (SSSR count). The summed E-state index contributed by atoms with van der Waals surface area (Å²) in [5, 5.41) is 3.41. The Balaban J connectivity index is 1.76. The highest BCUT2D eigenvalue weighted by Gasteiger charge is 2.08. The molecule has 2 aliphatic heterocycles. The summed E-state index contributed by atoms with van der Waals surface area (Å²) in [6.45, 7) is 1.36. The first-order valence-electron chi connectivity index (χ1n) is 5.12. The molecular weight excluding hydrogens is 204 g/mol. The van der Waals surface area contributed by atoms with Crippen LogP contribution < -0.4 is 10.9 Å². The molecule has 0 aromatic carbocycles. The second-order valence-electron chi connectivity index (χ2n) is 3.40. The number of rotatable bonds is 2. The van der Waals surface area contributed by atoms with Crippen molar-refractivity contribution in [3.05, 3.63) is 48.9 Å². The quantitative estimate of drug-likeness (QED) is 0.723. The highest BCUT2D eigenvalue weighted by molar-refractivity contribution is 5.73. The van der Waals surface area contributed by atoms with Crippen LogP contribution >= 0.6 is 0 Å². The van der Waals surface area contributed by atoms with E-state index in [9.17, 15) is 4.79 Å². The highest BCUT2D eigenvalue weighted by Crippen LogP contribution is 1.96. The Morgan fingerprint density at radius 2 is 1.38 bits per heavy atom. The van der Waals surface area contributed by atoms with Crippen molar-refractivity contribution in [3.63, 3.8) is 0 Å². The number of hydrogen-bond donors (Lipinski definition) is 2. The Morgan fingerprint density at radius 3 is 1.75 bits per heavy atom. The summed E-state index contributed by atoms with van der Waals surface area (Å²) >= 11 is 0. The molecule has 0 unspecified atom stereocenters. The average Bonchev–Trinajstić information content (AvgIpc) is 2.31. The fraction of sp³-hybridized carbons (Fsp3) is 0.182. The Labute approximate surface area is 94.3 Å². The highest BCUT2D eigenvalue weighted by atomic mass is 16.2. The molecular formula is C11H14N4O. The van der Waals surface area contributed by atoms with Crippen LogP contribution in [0.1, 0.15) is 0 Å². The van der Waals surface area contributed by atoms with Crippen molar-refractivity contribution in [2.45, 2.75) is 0 Å². The largest absolute Gasteiger partial charge is 0.352 e. The Kier molecular flexibility index (Phi) is 3.28. The molecule has 84 valence electrons. The molecule has 2 heterocycles. The van der Waals surface area contributed by atoms with Gasteiger partial charge in [0.2, 0.25) is 0 Å². The molecule has 2 aliphatic rings. The molecule has 5 heteroatoms. The third kappa shape index (κ3) is 2.91. The minimum absolute atomic E-state index is 0.250. The van der Waals surface area contributed by atoms with Crippen LogP contribution in [0.25, 0.3) is 0 Å². The maximum absolute atomic E-state index is 11.6. The van der Waals surface area contributed by atoms with E-state index in [0.717, 1.165) is 0 Å². The van der Waals surface area contributed by atoms with Gasteiger partial charge in [-0.15, -0.1) is 0 Å². The number of nitrogens with one attached hydrogen (secondary N) is 2. The second kappa shape index (κ2) is 5.06. The lowest BCUT2D eigenvalue weighted by Crippen LogP contribution is -2.50. The number of carbonyl (C=O) groups is 1. The Hall–Kier alpha value is -2.17. The summed E-state index contributed by atoms with van der Waals surface area (Å²) in [6, 6.07) is -0.250. The van der Waals surface area contributed by atoms with Gasteiger partial charge < -0.3 is 0 Å². The van der Waals surface area contributed by atoms with E-state index in [1.54, 1.807) is 10.0 Å². The first kappa shape index (κ1) is 10.4. The predicted molar refractivity (Wildman–Crippen MR) is 61.6 cm³/mol. The predicted octanol–water partition coefficient (Wildman–Crippen LogP) is 0.887. The summed E-state index contributed by atoms with van der Waals surface area (Å²) in [4.78, 5) is 11.6. The normalized spacial score (nSPS) is 17.8. The number of hydrazine groups is 2. The lowest BCUT2D eigenvalue weighted by Gasteiger charge is -2.25. The summed E-state index contributed by atoms with van der Waals surface area (Å²) in [6.07, 6.45) is 15.2. The number of urea groups is 1. The molecule has 16 heavy (non-hydrogen) atoms. The number of allylic oxidation sites excluding steroid dienone is 4. The van der Waals surface area contributed by atoms with Crippen LogP contribution in [0, 0.1) is 0 Å². The number of amides is 2. The molecule has 0 spiro atoms. The van der Waals surface area contributed by atoms with Gasteiger partial charge in [-0.3, -0.25) is 10.0 Å². The molecule has 0 saturated heterocycles. The molecule has 0 aromatic heterocycles. The van der Waals surface area contributed by atoms with Gasteiger partial charge >= 0.3 is 6.03 Å². The van der Waals surface area contributed by atoms with Crippen LogP contribution in [0.4, 0.5) is 4.79 Å². The molecule has 0 aromatic rings. The maximum Gasteiger partial charge on any atom is 0.352 e. The fourth-order valence-electron chi connectivity index (χ4n) is 1.39. The molecule has 2 amide bonds. The molecule has 0 radical (unpaired) electrons. The van der Waals surface area contributed by atoms with Crippen molar-refractivity contribution < 1.29 is 4.79 Å². The number of nitrogens with zero attached hydrogens (tertiary/aromatic N) is 2. The third-order valence-electron chi connectivity index (χ3n) is 2.12. The van der Waals surface area contributed by atoms with Crippen LogP contribution in [-0.2, 0) is 0 Å². The second-order valence-corrected chi connectivity index (χ2v) is 3.40. The van der Waals surface area contributed by atoms with E-state index in [1.807, 2.05) is 48.9 Å². The maximum atomic E-state index is 11.6. The first-order chi connectivity index (χ1) is 7.84. The zero-order chi connectivity index (χ0) is 11.2.